The largest absolute Gasteiger partial charge is 0.481 e. The van der Waals surface area contributed by atoms with Crippen molar-refractivity contribution in [1.29, 1.82) is 0 Å². The second kappa shape index (κ2) is 7.06. The van der Waals surface area contributed by atoms with Crippen molar-refractivity contribution in [1.82, 2.24) is 29.4 Å². The number of rotatable bonds is 4. The molecule has 10 nitrogen and oxygen atoms in total. The van der Waals surface area contributed by atoms with Crippen LogP contribution in [-0.2, 0) is 0 Å². The Morgan fingerprint density at radius 1 is 1.33 bits per heavy atom. The molecule has 1 saturated heterocycles. The summed E-state index contributed by atoms with van der Waals surface area (Å²) in [7, 11) is 1.56. The summed E-state index contributed by atoms with van der Waals surface area (Å²) in [6, 6.07) is 1.76. The van der Waals surface area contributed by atoms with Gasteiger partial charge in [0.05, 0.1) is 36.7 Å². The van der Waals surface area contributed by atoms with Crippen LogP contribution in [0.1, 0.15) is 12.8 Å². The van der Waals surface area contributed by atoms with Gasteiger partial charge in [0.2, 0.25) is 5.88 Å². The summed E-state index contributed by atoms with van der Waals surface area (Å²) < 4.78 is 6.92. The number of pyridine rings is 1. The Labute approximate surface area is 154 Å². The van der Waals surface area contributed by atoms with E-state index in [1.165, 1.54) is 4.90 Å². The van der Waals surface area contributed by atoms with Gasteiger partial charge in [-0.05, 0) is 12.8 Å². The Kier molecular flexibility index (Phi) is 4.45. The van der Waals surface area contributed by atoms with Crippen LogP contribution in [-0.4, -0.2) is 66.8 Å². The molecule has 3 aromatic heterocycles. The normalized spacial score (nSPS) is 17.1. The standard InChI is InChI=1S/C17H19N7O3/c1-27-16-5-12-13(6-19-16)24(10-20-12)15-8-18-7-14(22-15)21-11-3-2-4-23(9-11)17(25)26/h5-8,10-11H,2-4,9H2,1H3,(H,21,22)(H,25,26)/t11-/m1/s1. The Morgan fingerprint density at radius 2 is 2.22 bits per heavy atom. The van der Waals surface area contributed by atoms with E-state index in [2.05, 4.69) is 25.3 Å². The molecular formula is C17H19N7O3. The van der Waals surface area contributed by atoms with E-state index in [0.29, 0.717) is 30.6 Å². The summed E-state index contributed by atoms with van der Waals surface area (Å²) in [5, 5.41) is 12.5. The highest BCUT2D eigenvalue weighted by Crippen LogP contribution is 2.20. The van der Waals surface area contributed by atoms with Crippen LogP contribution < -0.4 is 10.1 Å². The number of anilines is 1. The lowest BCUT2D eigenvalue weighted by molar-refractivity contribution is 0.133. The summed E-state index contributed by atoms with van der Waals surface area (Å²) >= 11 is 0. The zero-order valence-electron chi connectivity index (χ0n) is 14.7. The van der Waals surface area contributed by atoms with Crippen LogP contribution in [0.4, 0.5) is 10.6 Å². The number of nitrogens with zero attached hydrogens (tertiary/aromatic N) is 6. The molecule has 140 valence electrons. The summed E-state index contributed by atoms with van der Waals surface area (Å²) in [6.07, 6.45) is 7.41. The quantitative estimate of drug-likeness (QED) is 0.714. The summed E-state index contributed by atoms with van der Waals surface area (Å²) in [5.74, 6) is 1.68. The van der Waals surface area contributed by atoms with E-state index in [0.717, 1.165) is 23.9 Å². The van der Waals surface area contributed by atoms with Crippen LogP contribution in [0.15, 0.2) is 31.0 Å². The number of aromatic nitrogens is 5. The molecule has 27 heavy (non-hydrogen) atoms. The predicted molar refractivity (Wildman–Crippen MR) is 97.2 cm³/mol. The molecule has 0 spiro atoms. The zero-order chi connectivity index (χ0) is 18.8. The lowest BCUT2D eigenvalue weighted by Gasteiger charge is -2.31. The van der Waals surface area contributed by atoms with E-state index < -0.39 is 6.09 Å². The van der Waals surface area contributed by atoms with Gasteiger partial charge in [-0.2, -0.15) is 0 Å². The van der Waals surface area contributed by atoms with E-state index in [1.807, 2.05) is 0 Å². The van der Waals surface area contributed by atoms with E-state index in [9.17, 15) is 9.90 Å². The Bertz CT molecular complexity index is 974. The van der Waals surface area contributed by atoms with Crippen molar-refractivity contribution in [2.45, 2.75) is 18.9 Å². The third kappa shape index (κ3) is 3.46. The molecule has 3 aromatic rings. The first kappa shape index (κ1) is 17.0. The number of likely N-dealkylation sites (tertiary alicyclic amines) is 1. The number of methoxy groups -OCH3 is 1. The molecule has 0 bridgehead atoms. The van der Waals surface area contributed by atoms with Crippen molar-refractivity contribution in [2.75, 3.05) is 25.5 Å². The highest BCUT2D eigenvalue weighted by atomic mass is 16.5. The number of nitrogens with one attached hydrogen (secondary N) is 1. The average Bonchev–Trinajstić information content (AvgIpc) is 3.11. The highest BCUT2D eigenvalue weighted by Gasteiger charge is 2.23. The number of amides is 1. The molecule has 1 aliphatic rings. The molecule has 1 fully saturated rings. The number of carboxylic acid groups (broad SMARTS) is 1. The van der Waals surface area contributed by atoms with Gasteiger partial charge in [0, 0.05) is 25.2 Å². The molecule has 1 atom stereocenters. The minimum atomic E-state index is -0.894. The minimum absolute atomic E-state index is 0.00450. The van der Waals surface area contributed by atoms with E-state index in [1.54, 1.807) is 42.7 Å². The van der Waals surface area contributed by atoms with Gasteiger partial charge in [-0.1, -0.05) is 0 Å². The fourth-order valence-electron chi connectivity index (χ4n) is 3.20. The molecule has 10 heteroatoms. The van der Waals surface area contributed by atoms with Crippen LogP contribution >= 0.6 is 0 Å². The van der Waals surface area contributed by atoms with E-state index in [4.69, 9.17) is 4.74 Å². The Balaban J connectivity index is 1.57. The summed E-state index contributed by atoms with van der Waals surface area (Å²) in [5.41, 5.74) is 1.53. The molecule has 0 aliphatic carbocycles. The minimum Gasteiger partial charge on any atom is -0.481 e. The second-order valence-corrected chi connectivity index (χ2v) is 6.30. The number of ether oxygens (including phenoxy) is 1. The van der Waals surface area contributed by atoms with Crippen molar-refractivity contribution in [3.05, 3.63) is 31.0 Å². The molecule has 4 rings (SSSR count). The maximum absolute atomic E-state index is 11.2. The van der Waals surface area contributed by atoms with Gasteiger partial charge in [0.1, 0.15) is 12.1 Å². The fourth-order valence-corrected chi connectivity index (χ4v) is 3.20. The highest BCUT2D eigenvalue weighted by molar-refractivity contribution is 5.77. The number of imidazole rings is 1. The molecule has 0 radical (unpaired) electrons. The van der Waals surface area contributed by atoms with Crippen molar-refractivity contribution in [3.8, 4) is 11.7 Å². The van der Waals surface area contributed by atoms with Gasteiger partial charge in [-0.3, -0.25) is 9.55 Å². The Hall–Kier alpha value is -3.43. The van der Waals surface area contributed by atoms with Crippen molar-refractivity contribution >= 4 is 22.9 Å². The van der Waals surface area contributed by atoms with Crippen LogP contribution in [0.25, 0.3) is 16.9 Å². The molecule has 0 aromatic carbocycles. The van der Waals surface area contributed by atoms with Crippen molar-refractivity contribution in [2.24, 2.45) is 0 Å². The van der Waals surface area contributed by atoms with Crippen LogP contribution in [0.5, 0.6) is 5.88 Å². The van der Waals surface area contributed by atoms with Crippen molar-refractivity contribution in [3.63, 3.8) is 0 Å². The summed E-state index contributed by atoms with van der Waals surface area (Å²) in [6.45, 7) is 0.996. The topological polar surface area (TPSA) is 118 Å². The zero-order valence-corrected chi connectivity index (χ0v) is 14.7. The second-order valence-electron chi connectivity index (χ2n) is 6.30. The Morgan fingerprint density at radius 3 is 3.04 bits per heavy atom. The first-order valence-electron chi connectivity index (χ1n) is 8.58. The third-order valence-electron chi connectivity index (χ3n) is 4.53. The third-order valence-corrected chi connectivity index (χ3v) is 4.53. The van der Waals surface area contributed by atoms with Gasteiger partial charge in [0.25, 0.3) is 0 Å². The molecule has 1 amide bonds. The van der Waals surface area contributed by atoms with E-state index >= 15 is 0 Å². The van der Waals surface area contributed by atoms with Crippen molar-refractivity contribution < 1.29 is 14.6 Å². The lowest BCUT2D eigenvalue weighted by Crippen LogP contribution is -2.44. The van der Waals surface area contributed by atoms with Crippen LogP contribution in [0.2, 0.25) is 0 Å². The first-order chi connectivity index (χ1) is 13.1. The number of hydrogen-bond acceptors (Lipinski definition) is 7. The van der Waals surface area contributed by atoms with Gasteiger partial charge < -0.3 is 20.1 Å². The summed E-state index contributed by atoms with van der Waals surface area (Å²) in [4.78, 5) is 30.0. The SMILES string of the molecule is COc1cc2ncn(-c3cncc(N[C@@H]4CCCN(C(=O)O)C4)n3)c2cn1. The first-order valence-corrected chi connectivity index (χ1v) is 8.58. The molecule has 4 heterocycles. The monoisotopic (exact) mass is 369 g/mol. The van der Waals surface area contributed by atoms with Gasteiger partial charge in [-0.25, -0.2) is 19.7 Å². The fraction of sp³-hybridized carbons (Fsp3) is 0.353. The molecule has 0 saturated carbocycles. The maximum atomic E-state index is 11.2. The predicted octanol–water partition coefficient (Wildman–Crippen LogP) is 1.77. The molecule has 0 unspecified atom stereocenters. The smallest absolute Gasteiger partial charge is 0.407 e. The molecule has 1 aliphatic heterocycles. The average molecular weight is 369 g/mol. The number of piperidine rings is 1. The molecular weight excluding hydrogens is 350 g/mol. The number of fused-ring (bicyclic) bond motifs is 1. The van der Waals surface area contributed by atoms with Crippen LogP contribution in [0, 0.1) is 0 Å². The van der Waals surface area contributed by atoms with Gasteiger partial charge in [0.15, 0.2) is 5.82 Å². The van der Waals surface area contributed by atoms with Gasteiger partial charge >= 0.3 is 6.09 Å². The van der Waals surface area contributed by atoms with Crippen LogP contribution in [0.3, 0.4) is 0 Å². The maximum Gasteiger partial charge on any atom is 0.407 e. The van der Waals surface area contributed by atoms with Gasteiger partial charge in [-0.15, -0.1) is 0 Å². The van der Waals surface area contributed by atoms with E-state index in [-0.39, 0.29) is 6.04 Å². The molecule has 2 N–H and O–H groups in total. The number of hydrogen-bond donors (Lipinski definition) is 2. The lowest BCUT2D eigenvalue weighted by atomic mass is 10.1. The number of carbonyl (C=O) groups is 1.